The van der Waals surface area contributed by atoms with Gasteiger partial charge >= 0.3 is 0 Å². The maximum atomic E-state index is 10.8. The molecule has 1 heterocycles. The largest absolute Gasteiger partial charge is 0.468 e. The Morgan fingerprint density at radius 1 is 1.75 bits per heavy atom. The van der Waals surface area contributed by atoms with Gasteiger partial charge in [-0.1, -0.05) is 0 Å². The molecule has 0 saturated heterocycles. The fraction of sp³-hybridized carbons (Fsp3) is 0.444. The Hall–Kier alpha value is -1.09. The van der Waals surface area contributed by atoms with Crippen LogP contribution in [0.15, 0.2) is 22.8 Å². The minimum atomic E-state index is 0.148. The van der Waals surface area contributed by atoms with E-state index in [0.717, 1.165) is 12.3 Å². The highest BCUT2D eigenvalue weighted by Gasteiger charge is 2.38. The second kappa shape index (κ2) is 2.75. The van der Waals surface area contributed by atoms with E-state index >= 15 is 0 Å². The number of rotatable bonds is 3. The lowest BCUT2D eigenvalue weighted by Gasteiger charge is -2.11. The van der Waals surface area contributed by atoms with Crippen molar-refractivity contribution >= 4 is 5.78 Å². The number of carbonyl (C=O) groups is 1. The molecule has 1 aromatic heterocycles. The van der Waals surface area contributed by atoms with Gasteiger partial charge in [-0.15, -0.1) is 0 Å². The molecule has 1 aliphatic carbocycles. The van der Waals surface area contributed by atoms with Gasteiger partial charge in [0.2, 0.25) is 0 Å². The summed E-state index contributed by atoms with van der Waals surface area (Å²) in [6.45, 7) is 0.726. The molecule has 1 saturated carbocycles. The maximum Gasteiger partial charge on any atom is 0.152 e. The van der Waals surface area contributed by atoms with Crippen molar-refractivity contribution in [2.45, 2.75) is 19.0 Å². The van der Waals surface area contributed by atoms with Gasteiger partial charge in [0.05, 0.1) is 18.8 Å². The van der Waals surface area contributed by atoms with Crippen molar-refractivity contribution in [3.05, 3.63) is 24.2 Å². The Balaban J connectivity index is 1.91. The van der Waals surface area contributed by atoms with E-state index in [4.69, 9.17) is 4.42 Å². The Morgan fingerprint density at radius 3 is 3.00 bits per heavy atom. The Labute approximate surface area is 71.0 Å². The van der Waals surface area contributed by atoms with E-state index in [2.05, 4.69) is 0 Å². The first-order valence-electron chi connectivity index (χ1n) is 4.02. The lowest BCUT2D eigenvalue weighted by Crippen LogP contribution is -2.21. The molecule has 64 valence electrons. The zero-order valence-corrected chi connectivity index (χ0v) is 6.99. The van der Waals surface area contributed by atoms with Gasteiger partial charge in [-0.2, -0.15) is 0 Å². The molecule has 1 atom stereocenters. The summed E-state index contributed by atoms with van der Waals surface area (Å²) in [5.41, 5.74) is 0. The average molecular weight is 165 g/mol. The monoisotopic (exact) mass is 165 g/mol. The molecule has 3 nitrogen and oxygen atoms in total. The predicted molar refractivity (Wildman–Crippen MR) is 43.6 cm³/mol. The van der Waals surface area contributed by atoms with Crippen LogP contribution in [-0.2, 0) is 11.3 Å². The fourth-order valence-corrected chi connectivity index (χ4v) is 1.29. The first-order chi connectivity index (χ1) is 5.77. The number of nitrogens with zero attached hydrogens (tertiary/aromatic N) is 1. The van der Waals surface area contributed by atoms with Gasteiger partial charge in [-0.05, 0) is 19.2 Å². The number of ketones is 1. The molecule has 2 rings (SSSR count). The van der Waals surface area contributed by atoms with Gasteiger partial charge in [0.15, 0.2) is 5.78 Å². The van der Waals surface area contributed by atoms with Crippen LogP contribution < -0.4 is 0 Å². The number of furan rings is 1. The molecule has 0 radical (unpaired) electrons. The zero-order valence-electron chi connectivity index (χ0n) is 6.99. The van der Waals surface area contributed by atoms with Gasteiger partial charge < -0.3 is 4.42 Å². The van der Waals surface area contributed by atoms with Gasteiger partial charge in [0.1, 0.15) is 5.76 Å². The van der Waals surface area contributed by atoms with Crippen molar-refractivity contribution in [1.29, 1.82) is 0 Å². The van der Waals surface area contributed by atoms with Crippen LogP contribution in [0.5, 0.6) is 0 Å². The molecular formula is C9H11NO2. The summed E-state index contributed by atoms with van der Waals surface area (Å²) in [4.78, 5) is 12.8. The molecule has 0 aromatic carbocycles. The van der Waals surface area contributed by atoms with Crippen LogP contribution in [-0.4, -0.2) is 23.8 Å². The maximum absolute atomic E-state index is 10.8. The first-order valence-corrected chi connectivity index (χ1v) is 4.02. The Morgan fingerprint density at radius 2 is 2.50 bits per heavy atom. The quantitative estimate of drug-likeness (QED) is 0.671. The van der Waals surface area contributed by atoms with Crippen molar-refractivity contribution in [3.63, 3.8) is 0 Å². The van der Waals surface area contributed by atoms with Crippen molar-refractivity contribution in [3.8, 4) is 0 Å². The lowest BCUT2D eigenvalue weighted by molar-refractivity contribution is -0.111. The van der Waals surface area contributed by atoms with Crippen LogP contribution in [0.3, 0.4) is 0 Å². The molecular weight excluding hydrogens is 154 g/mol. The molecule has 1 aliphatic rings. The predicted octanol–water partition coefficient (Wildman–Crippen LogP) is 1.05. The molecule has 0 bridgehead atoms. The van der Waals surface area contributed by atoms with E-state index in [9.17, 15) is 4.79 Å². The average Bonchev–Trinajstić information content (AvgIpc) is 2.58. The van der Waals surface area contributed by atoms with Gasteiger partial charge in [-0.3, -0.25) is 9.69 Å². The van der Waals surface area contributed by atoms with Gasteiger partial charge in [0, 0.05) is 6.42 Å². The van der Waals surface area contributed by atoms with E-state index in [1.807, 2.05) is 24.1 Å². The van der Waals surface area contributed by atoms with E-state index in [1.54, 1.807) is 6.26 Å². The molecule has 0 spiro atoms. The van der Waals surface area contributed by atoms with E-state index < -0.39 is 0 Å². The molecule has 1 unspecified atom stereocenters. The van der Waals surface area contributed by atoms with Crippen LogP contribution in [0.2, 0.25) is 0 Å². The summed E-state index contributed by atoms with van der Waals surface area (Å²) < 4.78 is 5.16. The third-order valence-corrected chi connectivity index (χ3v) is 2.12. The fourth-order valence-electron chi connectivity index (χ4n) is 1.29. The second-order valence-corrected chi connectivity index (χ2v) is 3.18. The summed E-state index contributed by atoms with van der Waals surface area (Å²) >= 11 is 0. The smallest absolute Gasteiger partial charge is 0.152 e. The van der Waals surface area contributed by atoms with Crippen LogP contribution in [0, 0.1) is 0 Å². The third kappa shape index (κ3) is 1.41. The SMILES string of the molecule is CN(Cc1ccco1)C1CC1=O. The standard InChI is InChI=1S/C9H11NO2/c1-10(8-5-9(8)11)6-7-3-2-4-12-7/h2-4,8H,5-6H2,1H3. The minimum absolute atomic E-state index is 0.148. The molecule has 12 heavy (non-hydrogen) atoms. The topological polar surface area (TPSA) is 33.5 Å². The van der Waals surface area contributed by atoms with Crippen LogP contribution >= 0.6 is 0 Å². The van der Waals surface area contributed by atoms with E-state index in [0.29, 0.717) is 12.2 Å². The second-order valence-electron chi connectivity index (χ2n) is 3.18. The van der Waals surface area contributed by atoms with Crippen molar-refractivity contribution < 1.29 is 9.21 Å². The normalized spacial score (nSPS) is 21.8. The van der Waals surface area contributed by atoms with Crippen molar-refractivity contribution in [2.24, 2.45) is 0 Å². The molecule has 0 amide bonds. The van der Waals surface area contributed by atoms with Crippen LogP contribution in [0.1, 0.15) is 12.2 Å². The van der Waals surface area contributed by atoms with Crippen LogP contribution in [0.25, 0.3) is 0 Å². The minimum Gasteiger partial charge on any atom is -0.468 e. The first kappa shape index (κ1) is 7.55. The molecule has 0 aliphatic heterocycles. The summed E-state index contributed by atoms with van der Waals surface area (Å²) in [6, 6.07) is 3.93. The van der Waals surface area contributed by atoms with E-state index in [1.165, 1.54) is 0 Å². The Kier molecular flexibility index (Phi) is 1.73. The number of likely N-dealkylation sites (N-methyl/N-ethyl adjacent to an activating group) is 1. The molecule has 1 aromatic rings. The zero-order chi connectivity index (χ0) is 8.55. The summed E-state index contributed by atoms with van der Waals surface area (Å²) in [5, 5.41) is 0. The molecule has 1 fully saturated rings. The summed E-state index contributed by atoms with van der Waals surface area (Å²) in [7, 11) is 1.94. The van der Waals surface area contributed by atoms with Gasteiger partial charge in [0.25, 0.3) is 0 Å². The summed E-state index contributed by atoms with van der Waals surface area (Å²) in [5.74, 6) is 1.25. The molecule has 3 heteroatoms. The third-order valence-electron chi connectivity index (χ3n) is 2.12. The highest BCUT2D eigenvalue weighted by Crippen LogP contribution is 2.22. The lowest BCUT2D eigenvalue weighted by atomic mass is 10.4. The van der Waals surface area contributed by atoms with Crippen LogP contribution in [0.4, 0.5) is 0 Å². The number of hydrogen-bond donors (Lipinski definition) is 0. The number of Topliss-reactive ketones (excluding diaryl/α,β-unsaturated/α-hetero) is 1. The van der Waals surface area contributed by atoms with Crippen molar-refractivity contribution in [1.82, 2.24) is 4.90 Å². The summed E-state index contributed by atoms with van der Waals surface area (Å²) in [6.07, 6.45) is 2.36. The number of hydrogen-bond acceptors (Lipinski definition) is 3. The number of carbonyl (C=O) groups excluding carboxylic acids is 1. The molecule has 0 N–H and O–H groups in total. The highest BCUT2D eigenvalue weighted by atomic mass is 16.3. The Bertz CT molecular complexity index is 279. The highest BCUT2D eigenvalue weighted by molar-refractivity contribution is 5.99. The van der Waals surface area contributed by atoms with E-state index in [-0.39, 0.29) is 6.04 Å². The van der Waals surface area contributed by atoms with Gasteiger partial charge in [-0.25, -0.2) is 0 Å². The van der Waals surface area contributed by atoms with Crippen molar-refractivity contribution in [2.75, 3.05) is 7.05 Å².